The maximum atomic E-state index is 14.8. The highest BCUT2D eigenvalue weighted by Crippen LogP contribution is 2.32. The first-order valence-corrected chi connectivity index (χ1v) is 10.00. The van der Waals surface area contributed by atoms with Crippen LogP contribution in [0.25, 0.3) is 22.3 Å². The summed E-state index contributed by atoms with van der Waals surface area (Å²) in [5.41, 5.74) is 2.24. The van der Waals surface area contributed by atoms with Crippen molar-refractivity contribution >= 4 is 28.6 Å². The SMILES string of the molecule is Cc1nc2c(F)cc(-c3nc(NC4CCNCC4)ncc3Cl)cc2n1C(C)C. The number of aryl methyl sites for hydroxylation is 1. The fraction of sp³-hybridized carbons (Fsp3) is 0.450. The molecule has 1 aromatic carbocycles. The summed E-state index contributed by atoms with van der Waals surface area (Å²) >= 11 is 6.38. The lowest BCUT2D eigenvalue weighted by Gasteiger charge is -2.23. The number of hydrogen-bond donors (Lipinski definition) is 2. The first-order valence-electron chi connectivity index (χ1n) is 9.62. The van der Waals surface area contributed by atoms with Crippen LogP contribution in [0.3, 0.4) is 0 Å². The Morgan fingerprint density at radius 2 is 2.00 bits per heavy atom. The highest BCUT2D eigenvalue weighted by Gasteiger charge is 2.19. The number of benzene rings is 1. The van der Waals surface area contributed by atoms with Crippen LogP contribution in [0.2, 0.25) is 5.02 Å². The summed E-state index contributed by atoms with van der Waals surface area (Å²) in [6.07, 6.45) is 3.59. The van der Waals surface area contributed by atoms with Gasteiger partial charge in [-0.25, -0.2) is 19.3 Å². The summed E-state index contributed by atoms with van der Waals surface area (Å²) in [7, 11) is 0. The zero-order valence-corrected chi connectivity index (χ0v) is 17.0. The van der Waals surface area contributed by atoms with Gasteiger partial charge in [0.2, 0.25) is 5.95 Å². The van der Waals surface area contributed by atoms with E-state index in [0.717, 1.165) is 37.3 Å². The molecule has 2 N–H and O–H groups in total. The van der Waals surface area contributed by atoms with E-state index in [2.05, 4.69) is 39.4 Å². The van der Waals surface area contributed by atoms with Gasteiger partial charge in [-0.2, -0.15) is 0 Å². The van der Waals surface area contributed by atoms with Crippen molar-refractivity contribution in [2.75, 3.05) is 18.4 Å². The van der Waals surface area contributed by atoms with Crippen LogP contribution in [0.4, 0.5) is 10.3 Å². The van der Waals surface area contributed by atoms with Gasteiger partial charge in [0.25, 0.3) is 0 Å². The molecule has 1 fully saturated rings. The Bertz CT molecular complexity index is 1010. The van der Waals surface area contributed by atoms with Gasteiger partial charge in [-0.3, -0.25) is 0 Å². The van der Waals surface area contributed by atoms with Gasteiger partial charge in [-0.1, -0.05) is 11.6 Å². The monoisotopic (exact) mass is 402 g/mol. The number of rotatable bonds is 4. The van der Waals surface area contributed by atoms with Crippen LogP contribution in [-0.4, -0.2) is 38.7 Å². The van der Waals surface area contributed by atoms with Crippen LogP contribution >= 0.6 is 11.6 Å². The molecule has 1 aliphatic rings. The van der Waals surface area contributed by atoms with Crippen molar-refractivity contribution in [1.29, 1.82) is 0 Å². The molecule has 2 aromatic heterocycles. The van der Waals surface area contributed by atoms with Gasteiger partial charge in [-0.05, 0) is 58.8 Å². The normalized spacial score (nSPS) is 15.5. The van der Waals surface area contributed by atoms with E-state index in [1.165, 1.54) is 6.07 Å². The molecule has 0 atom stereocenters. The maximum absolute atomic E-state index is 14.8. The number of hydrogen-bond acceptors (Lipinski definition) is 5. The summed E-state index contributed by atoms with van der Waals surface area (Å²) < 4.78 is 16.8. The minimum absolute atomic E-state index is 0.164. The molecule has 8 heteroatoms. The molecule has 0 amide bonds. The summed E-state index contributed by atoms with van der Waals surface area (Å²) in [5, 5.41) is 7.10. The number of aromatic nitrogens is 4. The van der Waals surface area contributed by atoms with E-state index < -0.39 is 0 Å². The molecular weight excluding hydrogens is 379 g/mol. The van der Waals surface area contributed by atoms with E-state index >= 15 is 0 Å². The zero-order chi connectivity index (χ0) is 19.8. The average molecular weight is 403 g/mol. The number of anilines is 1. The predicted molar refractivity (Wildman–Crippen MR) is 110 cm³/mol. The van der Waals surface area contributed by atoms with Crippen molar-refractivity contribution in [2.45, 2.75) is 45.7 Å². The minimum Gasteiger partial charge on any atom is -0.351 e. The Balaban J connectivity index is 1.76. The molecule has 0 bridgehead atoms. The first kappa shape index (κ1) is 19.1. The van der Waals surface area contributed by atoms with Crippen molar-refractivity contribution in [1.82, 2.24) is 24.8 Å². The second kappa shape index (κ2) is 7.64. The fourth-order valence-electron chi connectivity index (χ4n) is 3.85. The molecule has 4 rings (SSSR count). The summed E-state index contributed by atoms with van der Waals surface area (Å²) in [5.74, 6) is 0.918. The van der Waals surface area contributed by atoms with E-state index in [0.29, 0.717) is 33.8 Å². The number of nitrogens with zero attached hydrogens (tertiary/aromatic N) is 4. The smallest absolute Gasteiger partial charge is 0.223 e. The molecular formula is C20H24ClFN6. The van der Waals surface area contributed by atoms with E-state index in [9.17, 15) is 4.39 Å². The molecule has 3 aromatic rings. The van der Waals surface area contributed by atoms with Gasteiger partial charge in [0.05, 0.1) is 22.4 Å². The number of nitrogens with one attached hydrogen (secondary N) is 2. The van der Waals surface area contributed by atoms with Crippen LogP contribution in [0, 0.1) is 12.7 Å². The van der Waals surface area contributed by atoms with Gasteiger partial charge in [0.15, 0.2) is 5.82 Å². The van der Waals surface area contributed by atoms with Crippen LogP contribution in [0.15, 0.2) is 18.3 Å². The Morgan fingerprint density at radius 3 is 2.71 bits per heavy atom. The number of fused-ring (bicyclic) bond motifs is 1. The van der Waals surface area contributed by atoms with E-state index in [4.69, 9.17) is 11.6 Å². The molecule has 0 saturated carbocycles. The van der Waals surface area contributed by atoms with Crippen molar-refractivity contribution in [3.05, 3.63) is 35.0 Å². The topological polar surface area (TPSA) is 67.7 Å². The van der Waals surface area contributed by atoms with E-state index in [1.54, 1.807) is 6.20 Å². The molecule has 148 valence electrons. The molecule has 6 nitrogen and oxygen atoms in total. The van der Waals surface area contributed by atoms with Crippen molar-refractivity contribution in [2.24, 2.45) is 0 Å². The van der Waals surface area contributed by atoms with Gasteiger partial charge in [0, 0.05) is 17.6 Å². The second-order valence-corrected chi connectivity index (χ2v) is 7.91. The maximum Gasteiger partial charge on any atom is 0.223 e. The van der Waals surface area contributed by atoms with Crippen LogP contribution < -0.4 is 10.6 Å². The highest BCUT2D eigenvalue weighted by molar-refractivity contribution is 6.33. The Kier molecular flexibility index (Phi) is 5.21. The van der Waals surface area contributed by atoms with Crippen LogP contribution in [0.1, 0.15) is 38.6 Å². The predicted octanol–water partition coefficient (Wildman–Crippen LogP) is 4.34. The zero-order valence-electron chi connectivity index (χ0n) is 16.3. The third-order valence-electron chi connectivity index (χ3n) is 5.13. The quantitative estimate of drug-likeness (QED) is 0.679. The molecule has 0 radical (unpaired) electrons. The lowest BCUT2D eigenvalue weighted by atomic mass is 10.1. The Hall–Kier alpha value is -2.25. The number of imidazole rings is 1. The van der Waals surface area contributed by atoms with Crippen molar-refractivity contribution in [3.63, 3.8) is 0 Å². The number of piperidine rings is 1. The standard InChI is InChI=1S/C20H24ClFN6/c1-11(2)28-12(3)25-19-16(22)8-13(9-17(19)28)18-15(21)10-24-20(27-18)26-14-4-6-23-7-5-14/h8-11,14,23H,4-7H2,1-3H3,(H,24,26,27). The molecule has 0 aliphatic carbocycles. The molecule has 0 unspecified atom stereocenters. The largest absolute Gasteiger partial charge is 0.351 e. The Labute approximate surface area is 168 Å². The summed E-state index contributed by atoms with van der Waals surface area (Å²) in [4.78, 5) is 13.3. The van der Waals surface area contributed by atoms with Gasteiger partial charge in [0.1, 0.15) is 11.3 Å². The average Bonchev–Trinajstić information content (AvgIpc) is 3.01. The third-order valence-corrected chi connectivity index (χ3v) is 5.41. The molecule has 0 spiro atoms. The lowest BCUT2D eigenvalue weighted by molar-refractivity contribution is 0.477. The van der Waals surface area contributed by atoms with Gasteiger partial charge < -0.3 is 15.2 Å². The van der Waals surface area contributed by atoms with Crippen LogP contribution in [0.5, 0.6) is 0 Å². The first-order chi connectivity index (χ1) is 13.4. The number of halogens is 2. The van der Waals surface area contributed by atoms with Crippen LogP contribution in [-0.2, 0) is 0 Å². The molecule has 3 heterocycles. The Morgan fingerprint density at radius 1 is 1.25 bits per heavy atom. The highest BCUT2D eigenvalue weighted by atomic mass is 35.5. The minimum atomic E-state index is -0.377. The fourth-order valence-corrected chi connectivity index (χ4v) is 4.05. The third kappa shape index (κ3) is 3.56. The second-order valence-electron chi connectivity index (χ2n) is 7.51. The van der Waals surface area contributed by atoms with E-state index in [1.807, 2.05) is 17.6 Å². The molecule has 28 heavy (non-hydrogen) atoms. The van der Waals surface area contributed by atoms with Crippen molar-refractivity contribution in [3.8, 4) is 11.3 Å². The summed E-state index contributed by atoms with van der Waals surface area (Å²) in [6, 6.07) is 3.83. The van der Waals surface area contributed by atoms with Gasteiger partial charge >= 0.3 is 0 Å². The summed E-state index contributed by atoms with van der Waals surface area (Å²) in [6.45, 7) is 7.93. The van der Waals surface area contributed by atoms with Crippen molar-refractivity contribution < 1.29 is 4.39 Å². The molecule has 1 saturated heterocycles. The lowest BCUT2D eigenvalue weighted by Crippen LogP contribution is -2.35. The van der Waals surface area contributed by atoms with E-state index in [-0.39, 0.29) is 11.9 Å². The molecule has 1 aliphatic heterocycles. The van der Waals surface area contributed by atoms with Gasteiger partial charge in [-0.15, -0.1) is 0 Å².